The largest absolute Gasteiger partial charge is 0.325 e. The first-order chi connectivity index (χ1) is 7.41. The fourth-order valence-corrected chi connectivity index (χ4v) is 3.61. The lowest BCUT2D eigenvalue weighted by Gasteiger charge is -2.33. The van der Waals surface area contributed by atoms with Crippen LogP contribution in [0, 0.1) is 5.92 Å². The first kappa shape index (κ1) is 12.0. The smallest absolute Gasteiger partial charge is 0.169 e. The van der Waals surface area contributed by atoms with Gasteiger partial charge in [-0.2, -0.15) is 0 Å². The Labute approximate surface area is 105 Å². The highest BCUT2D eigenvalue weighted by Gasteiger charge is 2.37. The second kappa shape index (κ2) is 4.06. The molecule has 16 heavy (non-hydrogen) atoms. The van der Waals surface area contributed by atoms with E-state index in [4.69, 9.17) is 17.3 Å². The van der Waals surface area contributed by atoms with E-state index in [0.717, 1.165) is 4.90 Å². The van der Waals surface area contributed by atoms with Crippen LogP contribution in [0.1, 0.15) is 24.2 Å². The Bertz CT molecular complexity index is 439. The Morgan fingerprint density at radius 2 is 2.19 bits per heavy atom. The molecule has 0 fully saturated rings. The average molecular weight is 256 g/mol. The van der Waals surface area contributed by atoms with Gasteiger partial charge in [-0.3, -0.25) is 4.79 Å². The Morgan fingerprint density at radius 3 is 2.81 bits per heavy atom. The number of benzene rings is 1. The molecule has 2 rings (SSSR count). The molecule has 4 heteroatoms. The van der Waals surface area contributed by atoms with Gasteiger partial charge in [-0.15, -0.1) is 11.8 Å². The van der Waals surface area contributed by atoms with Crippen LogP contribution in [0.15, 0.2) is 23.1 Å². The standard InChI is InChI=1S/C12H14ClNOS/c1-12(2,14)8-6-16-11-7(10(8)15)4-3-5-9(11)13/h3-5,8H,6,14H2,1-2H3. The predicted molar refractivity (Wildman–Crippen MR) is 68.3 cm³/mol. The molecule has 2 N–H and O–H groups in total. The number of fused-ring (bicyclic) bond motifs is 1. The lowest BCUT2D eigenvalue weighted by atomic mass is 9.83. The summed E-state index contributed by atoms with van der Waals surface area (Å²) in [5.41, 5.74) is 6.26. The summed E-state index contributed by atoms with van der Waals surface area (Å²) in [7, 11) is 0. The number of halogens is 1. The molecule has 1 aromatic rings. The summed E-state index contributed by atoms with van der Waals surface area (Å²) in [6, 6.07) is 5.45. The van der Waals surface area contributed by atoms with E-state index in [-0.39, 0.29) is 11.7 Å². The van der Waals surface area contributed by atoms with Crippen molar-refractivity contribution >= 4 is 29.1 Å². The Morgan fingerprint density at radius 1 is 1.50 bits per heavy atom. The maximum Gasteiger partial charge on any atom is 0.169 e. The number of rotatable bonds is 1. The van der Waals surface area contributed by atoms with E-state index in [2.05, 4.69) is 0 Å². The maximum atomic E-state index is 12.3. The van der Waals surface area contributed by atoms with Crippen LogP contribution in [0.2, 0.25) is 5.02 Å². The Hall–Kier alpha value is -0.510. The van der Waals surface area contributed by atoms with Crippen molar-refractivity contribution in [3.8, 4) is 0 Å². The summed E-state index contributed by atoms with van der Waals surface area (Å²) >= 11 is 7.69. The van der Waals surface area contributed by atoms with E-state index < -0.39 is 5.54 Å². The van der Waals surface area contributed by atoms with Crippen molar-refractivity contribution in [1.29, 1.82) is 0 Å². The molecule has 0 saturated heterocycles. The van der Waals surface area contributed by atoms with Crippen molar-refractivity contribution in [2.75, 3.05) is 5.75 Å². The zero-order valence-corrected chi connectivity index (χ0v) is 10.9. The number of carbonyl (C=O) groups is 1. The zero-order valence-electron chi connectivity index (χ0n) is 9.29. The topological polar surface area (TPSA) is 43.1 Å². The summed E-state index contributed by atoms with van der Waals surface area (Å²) in [6.45, 7) is 3.79. The minimum absolute atomic E-state index is 0.115. The highest BCUT2D eigenvalue weighted by Crippen LogP contribution is 2.40. The van der Waals surface area contributed by atoms with Crippen LogP contribution >= 0.6 is 23.4 Å². The van der Waals surface area contributed by atoms with Gasteiger partial charge in [0, 0.05) is 27.7 Å². The Balaban J connectivity index is 2.44. The fourth-order valence-electron chi connectivity index (χ4n) is 1.83. The molecule has 0 saturated carbocycles. The molecule has 1 unspecified atom stereocenters. The minimum atomic E-state index is -0.482. The zero-order chi connectivity index (χ0) is 11.9. The van der Waals surface area contributed by atoms with Crippen molar-refractivity contribution in [3.05, 3.63) is 28.8 Å². The molecule has 0 amide bonds. The quantitative estimate of drug-likeness (QED) is 0.839. The van der Waals surface area contributed by atoms with Gasteiger partial charge in [-0.05, 0) is 19.9 Å². The summed E-state index contributed by atoms with van der Waals surface area (Å²) in [5.74, 6) is 0.686. The van der Waals surface area contributed by atoms with E-state index in [9.17, 15) is 4.79 Å². The second-order valence-electron chi connectivity index (χ2n) is 4.67. The minimum Gasteiger partial charge on any atom is -0.325 e. The molecule has 1 atom stereocenters. The van der Waals surface area contributed by atoms with Crippen molar-refractivity contribution < 1.29 is 4.79 Å². The SMILES string of the molecule is CC(C)(N)C1CSc2c(Cl)cccc2C1=O. The molecule has 2 nitrogen and oxygen atoms in total. The van der Waals surface area contributed by atoms with Crippen molar-refractivity contribution in [1.82, 2.24) is 0 Å². The highest BCUT2D eigenvalue weighted by molar-refractivity contribution is 7.99. The van der Waals surface area contributed by atoms with Crippen LogP contribution < -0.4 is 5.73 Å². The normalized spacial score (nSPS) is 20.8. The maximum absolute atomic E-state index is 12.3. The molecule has 1 aliphatic heterocycles. The number of carbonyl (C=O) groups excluding carboxylic acids is 1. The average Bonchev–Trinajstić information content (AvgIpc) is 2.18. The number of hydrogen-bond acceptors (Lipinski definition) is 3. The lowest BCUT2D eigenvalue weighted by molar-refractivity contribution is 0.0881. The van der Waals surface area contributed by atoms with Gasteiger partial charge in [0.2, 0.25) is 0 Å². The summed E-state index contributed by atoms with van der Waals surface area (Å²) in [5, 5.41) is 0.657. The van der Waals surface area contributed by atoms with Gasteiger partial charge in [0.25, 0.3) is 0 Å². The number of ketones is 1. The molecule has 0 aromatic heterocycles. The third-order valence-electron chi connectivity index (χ3n) is 2.84. The van der Waals surface area contributed by atoms with Crippen LogP contribution in [0.25, 0.3) is 0 Å². The lowest BCUT2D eigenvalue weighted by Crippen LogP contribution is -2.47. The van der Waals surface area contributed by atoms with Crippen LogP contribution in [-0.2, 0) is 0 Å². The van der Waals surface area contributed by atoms with Crippen molar-refractivity contribution in [2.45, 2.75) is 24.3 Å². The molecule has 0 spiro atoms. The number of nitrogens with two attached hydrogens (primary N) is 1. The highest BCUT2D eigenvalue weighted by atomic mass is 35.5. The monoisotopic (exact) mass is 255 g/mol. The molecular formula is C12H14ClNOS. The molecule has 1 aromatic carbocycles. The van der Waals surface area contributed by atoms with Crippen molar-refractivity contribution in [2.24, 2.45) is 11.7 Å². The van der Waals surface area contributed by atoms with Crippen LogP contribution in [0.3, 0.4) is 0 Å². The van der Waals surface area contributed by atoms with E-state index in [0.29, 0.717) is 16.3 Å². The van der Waals surface area contributed by atoms with Gasteiger partial charge < -0.3 is 5.73 Å². The second-order valence-corrected chi connectivity index (χ2v) is 6.10. The van der Waals surface area contributed by atoms with Gasteiger partial charge in [-0.1, -0.05) is 23.7 Å². The van der Waals surface area contributed by atoms with E-state index in [1.165, 1.54) is 0 Å². The van der Waals surface area contributed by atoms with Crippen LogP contribution in [0.5, 0.6) is 0 Å². The number of thioether (sulfide) groups is 1. The Kier molecular flexibility index (Phi) is 3.03. The third kappa shape index (κ3) is 1.99. The van der Waals surface area contributed by atoms with Crippen molar-refractivity contribution in [3.63, 3.8) is 0 Å². The molecule has 0 aliphatic carbocycles. The summed E-state index contributed by atoms with van der Waals surface area (Å²) in [4.78, 5) is 13.2. The summed E-state index contributed by atoms with van der Waals surface area (Å²) in [6.07, 6.45) is 0. The third-order valence-corrected chi connectivity index (χ3v) is 4.50. The van der Waals surface area contributed by atoms with Gasteiger partial charge >= 0.3 is 0 Å². The van der Waals surface area contributed by atoms with Crippen LogP contribution in [0.4, 0.5) is 0 Å². The van der Waals surface area contributed by atoms with E-state index in [1.54, 1.807) is 11.8 Å². The molecular weight excluding hydrogens is 242 g/mol. The first-order valence-corrected chi connectivity index (χ1v) is 6.52. The molecule has 86 valence electrons. The number of hydrogen-bond donors (Lipinski definition) is 1. The predicted octanol–water partition coefficient (Wildman–Crippen LogP) is 2.98. The van der Waals surface area contributed by atoms with Gasteiger partial charge in [0.05, 0.1) is 5.02 Å². The summed E-state index contributed by atoms with van der Waals surface area (Å²) < 4.78 is 0. The van der Waals surface area contributed by atoms with Gasteiger partial charge in [0.1, 0.15) is 0 Å². The first-order valence-electron chi connectivity index (χ1n) is 5.15. The van der Waals surface area contributed by atoms with Gasteiger partial charge in [-0.25, -0.2) is 0 Å². The molecule has 0 radical (unpaired) electrons. The van der Waals surface area contributed by atoms with E-state index >= 15 is 0 Å². The molecule has 0 bridgehead atoms. The fraction of sp³-hybridized carbons (Fsp3) is 0.417. The van der Waals surface area contributed by atoms with Gasteiger partial charge in [0.15, 0.2) is 5.78 Å². The van der Waals surface area contributed by atoms with E-state index in [1.807, 2.05) is 32.0 Å². The number of Topliss-reactive ketones (excluding diaryl/α,β-unsaturated/α-hetero) is 1. The molecule has 1 aliphatic rings. The van der Waals surface area contributed by atoms with Crippen LogP contribution in [-0.4, -0.2) is 17.1 Å². The molecule has 1 heterocycles.